The molecular weight excluding hydrogens is 820 g/mol. The van der Waals surface area contributed by atoms with Gasteiger partial charge in [-0.1, -0.05) is 65.7 Å². The third-order valence-electron chi connectivity index (χ3n) is 11.0. The molecule has 0 saturated carbocycles. The molecule has 61 heavy (non-hydrogen) atoms. The van der Waals surface area contributed by atoms with E-state index in [1.165, 1.54) is 6.07 Å². The Hall–Kier alpha value is -4.88. The number of piperidine rings is 1. The molecule has 0 bridgehead atoms. The van der Waals surface area contributed by atoms with Crippen LogP contribution in [0.5, 0.6) is 5.75 Å². The lowest BCUT2D eigenvalue weighted by molar-refractivity contribution is -0.137. The molecule has 0 radical (unpaired) electrons. The van der Waals surface area contributed by atoms with Crippen LogP contribution in [0, 0.1) is 11.7 Å². The average molecular weight is 877 g/mol. The van der Waals surface area contributed by atoms with Crippen LogP contribution in [-0.2, 0) is 33.8 Å². The number of benzene rings is 4. The predicted molar refractivity (Wildman–Crippen MR) is 238 cm³/mol. The van der Waals surface area contributed by atoms with Crippen molar-refractivity contribution in [3.05, 3.63) is 117 Å². The average Bonchev–Trinajstić information content (AvgIpc) is 3.23. The van der Waals surface area contributed by atoms with Gasteiger partial charge in [-0.25, -0.2) is 14.0 Å². The molecule has 2 fully saturated rings. The van der Waals surface area contributed by atoms with Gasteiger partial charge in [-0.2, -0.15) is 0 Å². The van der Waals surface area contributed by atoms with Crippen molar-refractivity contribution >= 4 is 47.0 Å². The summed E-state index contributed by atoms with van der Waals surface area (Å²) >= 11 is 13.3. The Bertz CT molecular complexity index is 2120. The van der Waals surface area contributed by atoms with Crippen LogP contribution < -0.4 is 15.4 Å². The molecule has 2 N–H and O–H groups in total. The Labute approximate surface area is 368 Å². The van der Waals surface area contributed by atoms with Crippen molar-refractivity contribution in [1.82, 2.24) is 20.0 Å². The minimum absolute atomic E-state index is 0.0890. The highest BCUT2D eigenvalue weighted by Gasteiger charge is 2.37. The number of carbonyl (C=O) groups is 3. The summed E-state index contributed by atoms with van der Waals surface area (Å²) in [6.07, 6.45) is 0.865. The maximum absolute atomic E-state index is 14.9. The zero-order valence-corrected chi connectivity index (χ0v) is 36.9. The first-order valence-corrected chi connectivity index (χ1v) is 21.7. The van der Waals surface area contributed by atoms with Gasteiger partial charge in [0.2, 0.25) is 5.91 Å². The Morgan fingerprint density at radius 1 is 0.836 bits per heavy atom. The van der Waals surface area contributed by atoms with E-state index in [9.17, 15) is 18.8 Å². The number of rotatable bonds is 14. The molecule has 14 heteroatoms. The van der Waals surface area contributed by atoms with E-state index in [-0.39, 0.29) is 24.2 Å². The van der Waals surface area contributed by atoms with Crippen molar-refractivity contribution < 1.29 is 33.0 Å². The van der Waals surface area contributed by atoms with E-state index in [0.29, 0.717) is 85.6 Å². The zero-order valence-electron chi connectivity index (χ0n) is 35.4. The standard InChI is InChI=1S/C47H56Cl2FN5O6/c1-5-59-42-13-9-12-41(50)39(42)30-54-24-26-55(27-25-54)44(56)43(52-45(57)60-31-32-10-7-6-8-11-32)33-18-21-53(22-19-33)23-20-34-28-35(48)14-16-37(34)38-29-36(15-17-40(38)49)51-46(58)61-47(2,3)4/h6-17,28-29,33,43H,5,18-27,30-31H2,1-4H3,(H,51,58)(H,52,57)/t43-/m1/s1. The second-order valence-electron chi connectivity index (χ2n) is 16.5. The number of nitrogens with zero attached hydrogens (tertiary/aromatic N) is 3. The van der Waals surface area contributed by atoms with E-state index >= 15 is 0 Å². The third kappa shape index (κ3) is 13.1. The fourth-order valence-electron chi connectivity index (χ4n) is 7.85. The largest absolute Gasteiger partial charge is 0.493 e. The lowest BCUT2D eigenvalue weighted by atomic mass is 9.88. The lowest BCUT2D eigenvalue weighted by Gasteiger charge is -2.40. The molecule has 2 heterocycles. The van der Waals surface area contributed by atoms with E-state index in [4.69, 9.17) is 37.4 Å². The summed E-state index contributed by atoms with van der Waals surface area (Å²) in [6.45, 7) is 12.4. The van der Waals surface area contributed by atoms with Crippen molar-refractivity contribution in [2.24, 2.45) is 5.92 Å². The van der Waals surface area contributed by atoms with Crippen molar-refractivity contribution in [2.75, 3.05) is 57.7 Å². The fraction of sp³-hybridized carbons (Fsp3) is 0.426. The molecule has 3 amide bonds. The summed E-state index contributed by atoms with van der Waals surface area (Å²) in [5.41, 5.74) is 3.94. The molecular formula is C47H56Cl2FN5O6. The van der Waals surface area contributed by atoms with Gasteiger partial charge in [0.1, 0.15) is 29.8 Å². The minimum atomic E-state index is -0.767. The molecule has 0 aromatic heterocycles. The van der Waals surface area contributed by atoms with Gasteiger partial charge < -0.3 is 29.3 Å². The van der Waals surface area contributed by atoms with E-state index in [0.717, 1.165) is 41.9 Å². The molecule has 4 aromatic rings. The number of anilines is 1. The van der Waals surface area contributed by atoms with E-state index in [1.807, 2.05) is 82.3 Å². The highest BCUT2D eigenvalue weighted by molar-refractivity contribution is 6.33. The van der Waals surface area contributed by atoms with Gasteiger partial charge in [-0.05, 0) is 125 Å². The highest BCUT2D eigenvalue weighted by Crippen LogP contribution is 2.35. The quantitative estimate of drug-likeness (QED) is 0.129. The monoisotopic (exact) mass is 875 g/mol. The van der Waals surface area contributed by atoms with Gasteiger partial charge in [-0.3, -0.25) is 15.0 Å². The molecule has 0 aliphatic carbocycles. The topological polar surface area (TPSA) is 113 Å². The third-order valence-corrected chi connectivity index (χ3v) is 11.5. The van der Waals surface area contributed by atoms with Crippen molar-refractivity contribution in [3.63, 3.8) is 0 Å². The number of hydrogen-bond donors (Lipinski definition) is 2. The molecule has 11 nitrogen and oxygen atoms in total. The summed E-state index contributed by atoms with van der Waals surface area (Å²) in [4.78, 5) is 46.4. The lowest BCUT2D eigenvalue weighted by Crippen LogP contribution is -2.58. The van der Waals surface area contributed by atoms with Gasteiger partial charge >= 0.3 is 12.2 Å². The van der Waals surface area contributed by atoms with Gasteiger partial charge in [0.05, 0.1) is 6.61 Å². The van der Waals surface area contributed by atoms with E-state index in [2.05, 4.69) is 20.4 Å². The molecule has 4 aromatic carbocycles. The second kappa shape index (κ2) is 21.3. The van der Waals surface area contributed by atoms with E-state index < -0.39 is 23.8 Å². The summed E-state index contributed by atoms with van der Waals surface area (Å²) in [5.74, 6) is -0.0353. The summed E-state index contributed by atoms with van der Waals surface area (Å²) in [7, 11) is 0. The van der Waals surface area contributed by atoms with Gasteiger partial charge in [0.25, 0.3) is 0 Å². The van der Waals surface area contributed by atoms with Crippen molar-refractivity contribution in [2.45, 2.75) is 71.8 Å². The van der Waals surface area contributed by atoms with Crippen LogP contribution in [0.2, 0.25) is 10.0 Å². The predicted octanol–water partition coefficient (Wildman–Crippen LogP) is 9.44. The Balaban J connectivity index is 1.09. The normalized spacial score (nSPS) is 15.8. The number of ether oxygens (including phenoxy) is 3. The SMILES string of the molecule is CCOc1cccc(F)c1CN1CCN(C(=O)[C@H](NC(=O)OCc2ccccc2)C2CCN(CCc3cc(Cl)ccc3-c3cc(NC(=O)OC(C)(C)C)ccc3Cl)CC2)CC1. The fourth-order valence-corrected chi connectivity index (χ4v) is 8.27. The van der Waals surface area contributed by atoms with Gasteiger partial charge in [0, 0.05) is 66.1 Å². The molecule has 326 valence electrons. The summed E-state index contributed by atoms with van der Waals surface area (Å²) < 4.78 is 31.6. The number of piperazine rings is 1. The Morgan fingerprint density at radius 2 is 1.57 bits per heavy atom. The molecule has 0 unspecified atom stereocenters. The van der Waals surface area contributed by atoms with Crippen molar-refractivity contribution in [3.8, 4) is 16.9 Å². The van der Waals surface area contributed by atoms with Gasteiger partial charge in [-0.15, -0.1) is 0 Å². The van der Waals surface area contributed by atoms with Crippen LogP contribution in [0.25, 0.3) is 11.1 Å². The number of alkyl carbamates (subject to hydrolysis) is 1. The molecule has 2 aliphatic heterocycles. The van der Waals surface area contributed by atoms with Crippen molar-refractivity contribution in [1.29, 1.82) is 0 Å². The van der Waals surface area contributed by atoms with Crippen LogP contribution in [0.1, 0.15) is 57.2 Å². The molecule has 1 atom stereocenters. The summed E-state index contributed by atoms with van der Waals surface area (Å²) in [6, 6.07) is 24.5. The number of likely N-dealkylation sites (tertiary alicyclic amines) is 1. The van der Waals surface area contributed by atoms with E-state index in [1.54, 1.807) is 29.2 Å². The first-order chi connectivity index (χ1) is 29.3. The molecule has 0 spiro atoms. The molecule has 6 rings (SSSR count). The Kier molecular flexibility index (Phi) is 15.9. The number of carbonyl (C=O) groups excluding carboxylic acids is 3. The van der Waals surface area contributed by atoms with Crippen LogP contribution >= 0.6 is 23.2 Å². The zero-order chi connectivity index (χ0) is 43.5. The molecule has 2 saturated heterocycles. The van der Waals surface area contributed by atoms with Gasteiger partial charge in [0.15, 0.2) is 0 Å². The minimum Gasteiger partial charge on any atom is -0.493 e. The number of hydrogen-bond acceptors (Lipinski definition) is 8. The highest BCUT2D eigenvalue weighted by atomic mass is 35.5. The van der Waals surface area contributed by atoms with Crippen LogP contribution in [0.3, 0.4) is 0 Å². The smallest absolute Gasteiger partial charge is 0.412 e. The second-order valence-corrected chi connectivity index (χ2v) is 17.3. The number of nitrogens with one attached hydrogen (secondary N) is 2. The summed E-state index contributed by atoms with van der Waals surface area (Å²) in [5, 5.41) is 6.90. The Morgan fingerprint density at radius 3 is 2.28 bits per heavy atom. The first-order valence-electron chi connectivity index (χ1n) is 21.0. The maximum Gasteiger partial charge on any atom is 0.412 e. The first kappa shape index (κ1) is 45.6. The van der Waals surface area contributed by atoms with Crippen LogP contribution in [0.4, 0.5) is 19.7 Å². The molecule has 2 aliphatic rings. The van der Waals surface area contributed by atoms with Crippen LogP contribution in [-0.4, -0.2) is 96.9 Å². The van der Waals surface area contributed by atoms with Crippen LogP contribution in [0.15, 0.2) is 84.9 Å². The number of amides is 3. The maximum atomic E-state index is 14.9. The number of halogens is 3.